The first-order chi connectivity index (χ1) is 9.72. The van der Waals surface area contributed by atoms with Crippen molar-refractivity contribution in [2.24, 2.45) is 5.73 Å². The van der Waals surface area contributed by atoms with Crippen molar-refractivity contribution >= 4 is 11.3 Å². The summed E-state index contributed by atoms with van der Waals surface area (Å²) in [7, 11) is 1.66. The maximum Gasteiger partial charge on any atom is 0.161 e. The Morgan fingerprint density at radius 1 is 1.25 bits per heavy atom. The van der Waals surface area contributed by atoms with E-state index in [4.69, 9.17) is 15.2 Å². The average molecular weight is 291 g/mol. The minimum Gasteiger partial charge on any atom is -0.493 e. The predicted octanol–water partition coefficient (Wildman–Crippen LogP) is 3.62. The van der Waals surface area contributed by atoms with Crippen LogP contribution < -0.4 is 15.2 Å². The summed E-state index contributed by atoms with van der Waals surface area (Å²) >= 11 is 1.69. The second-order valence-electron chi connectivity index (χ2n) is 4.73. The van der Waals surface area contributed by atoms with Gasteiger partial charge in [-0.15, -0.1) is 11.3 Å². The Bertz CT molecular complexity index is 525. The van der Waals surface area contributed by atoms with Gasteiger partial charge >= 0.3 is 0 Å². The maximum absolute atomic E-state index is 5.99. The zero-order valence-electron chi connectivity index (χ0n) is 12.0. The third-order valence-electron chi connectivity index (χ3n) is 3.20. The first kappa shape index (κ1) is 14.9. The topological polar surface area (TPSA) is 44.5 Å². The van der Waals surface area contributed by atoms with E-state index >= 15 is 0 Å². The first-order valence-corrected chi connectivity index (χ1v) is 7.68. The monoisotopic (exact) mass is 291 g/mol. The predicted molar refractivity (Wildman–Crippen MR) is 83.6 cm³/mol. The van der Waals surface area contributed by atoms with Crippen molar-refractivity contribution in [2.45, 2.75) is 32.4 Å². The summed E-state index contributed by atoms with van der Waals surface area (Å²) in [6.45, 7) is 2.67. The fourth-order valence-electron chi connectivity index (χ4n) is 1.95. The number of methoxy groups -OCH3 is 1. The van der Waals surface area contributed by atoms with Crippen LogP contribution in [0.5, 0.6) is 11.5 Å². The summed E-state index contributed by atoms with van der Waals surface area (Å²) in [5.74, 6) is 1.54. The summed E-state index contributed by atoms with van der Waals surface area (Å²) in [6.07, 6.45) is 1.83. The molecule has 0 aliphatic heterocycles. The summed E-state index contributed by atoms with van der Waals surface area (Å²) < 4.78 is 11.2. The molecule has 3 nitrogen and oxygen atoms in total. The molecule has 0 fully saturated rings. The minimum absolute atomic E-state index is 0.192. The molecule has 0 spiro atoms. The van der Waals surface area contributed by atoms with E-state index < -0.39 is 0 Å². The van der Waals surface area contributed by atoms with Gasteiger partial charge in [0.15, 0.2) is 11.5 Å². The van der Waals surface area contributed by atoms with E-state index in [1.54, 1.807) is 18.4 Å². The molecule has 0 aliphatic rings. The average Bonchev–Trinajstić information content (AvgIpc) is 2.98. The van der Waals surface area contributed by atoms with Crippen LogP contribution in [0.15, 0.2) is 35.7 Å². The Morgan fingerprint density at radius 2 is 2.10 bits per heavy atom. The van der Waals surface area contributed by atoms with E-state index in [0.717, 1.165) is 24.3 Å². The van der Waals surface area contributed by atoms with Crippen LogP contribution in [0.4, 0.5) is 0 Å². The maximum atomic E-state index is 5.99. The largest absolute Gasteiger partial charge is 0.493 e. The van der Waals surface area contributed by atoms with E-state index in [-0.39, 0.29) is 6.04 Å². The van der Waals surface area contributed by atoms with Gasteiger partial charge in [0.05, 0.1) is 7.11 Å². The van der Waals surface area contributed by atoms with Crippen LogP contribution in [0.2, 0.25) is 0 Å². The highest BCUT2D eigenvalue weighted by Gasteiger charge is 2.08. The van der Waals surface area contributed by atoms with Gasteiger partial charge < -0.3 is 15.2 Å². The summed E-state index contributed by atoms with van der Waals surface area (Å²) in [5.41, 5.74) is 7.17. The fraction of sp³-hybridized carbons (Fsp3) is 0.375. The Balaban J connectivity index is 2.05. The Hall–Kier alpha value is -1.52. The van der Waals surface area contributed by atoms with Crippen molar-refractivity contribution in [2.75, 3.05) is 7.11 Å². The third-order valence-corrected chi connectivity index (χ3v) is 4.05. The summed E-state index contributed by atoms with van der Waals surface area (Å²) in [4.78, 5) is 1.20. The standard InChI is InChI=1S/C16H21NO2S/c1-3-13(17)9-12-6-7-15(16(10-12)18-2)19-11-14-5-4-8-20-14/h4-8,10,13H,3,9,11,17H2,1-2H3. The molecule has 1 aromatic carbocycles. The smallest absolute Gasteiger partial charge is 0.161 e. The summed E-state index contributed by atoms with van der Waals surface area (Å²) in [5, 5.41) is 2.05. The van der Waals surface area contributed by atoms with Crippen LogP contribution in [-0.2, 0) is 13.0 Å². The normalized spacial score (nSPS) is 12.2. The van der Waals surface area contributed by atoms with Crippen LogP contribution in [0.1, 0.15) is 23.8 Å². The zero-order chi connectivity index (χ0) is 14.4. The van der Waals surface area contributed by atoms with E-state index in [1.807, 2.05) is 23.6 Å². The second-order valence-corrected chi connectivity index (χ2v) is 5.76. The molecule has 20 heavy (non-hydrogen) atoms. The molecule has 0 aliphatic carbocycles. The van der Waals surface area contributed by atoms with E-state index in [0.29, 0.717) is 6.61 Å². The molecule has 2 N–H and O–H groups in total. The molecular formula is C16H21NO2S. The molecule has 1 aromatic heterocycles. The van der Waals surface area contributed by atoms with E-state index in [9.17, 15) is 0 Å². The van der Waals surface area contributed by atoms with Crippen molar-refractivity contribution in [3.8, 4) is 11.5 Å². The van der Waals surface area contributed by atoms with Gasteiger partial charge in [0, 0.05) is 10.9 Å². The van der Waals surface area contributed by atoms with Gasteiger partial charge in [-0.2, -0.15) is 0 Å². The number of hydrogen-bond donors (Lipinski definition) is 1. The van der Waals surface area contributed by atoms with Gasteiger partial charge in [0.25, 0.3) is 0 Å². The van der Waals surface area contributed by atoms with Crippen LogP contribution in [0.3, 0.4) is 0 Å². The van der Waals surface area contributed by atoms with Crippen LogP contribution in [-0.4, -0.2) is 13.2 Å². The molecule has 4 heteroatoms. The van der Waals surface area contributed by atoms with Crippen molar-refractivity contribution < 1.29 is 9.47 Å². The summed E-state index contributed by atoms with van der Waals surface area (Å²) in [6, 6.07) is 10.3. The Kier molecular flexibility index (Phi) is 5.44. The van der Waals surface area contributed by atoms with Crippen molar-refractivity contribution in [1.82, 2.24) is 0 Å². The number of ether oxygens (including phenoxy) is 2. The molecule has 0 bridgehead atoms. The molecule has 1 unspecified atom stereocenters. The highest BCUT2D eigenvalue weighted by atomic mass is 32.1. The SMILES string of the molecule is CCC(N)Cc1ccc(OCc2cccs2)c(OC)c1. The highest BCUT2D eigenvalue weighted by molar-refractivity contribution is 7.09. The van der Waals surface area contributed by atoms with Crippen molar-refractivity contribution in [1.29, 1.82) is 0 Å². The fourth-order valence-corrected chi connectivity index (χ4v) is 2.56. The highest BCUT2D eigenvalue weighted by Crippen LogP contribution is 2.29. The lowest BCUT2D eigenvalue weighted by Gasteiger charge is -2.13. The quantitative estimate of drug-likeness (QED) is 0.847. The lowest BCUT2D eigenvalue weighted by atomic mass is 10.0. The molecule has 0 amide bonds. The van der Waals surface area contributed by atoms with Crippen LogP contribution in [0, 0.1) is 0 Å². The second kappa shape index (κ2) is 7.31. The molecule has 0 saturated heterocycles. The van der Waals surface area contributed by atoms with Gasteiger partial charge in [-0.1, -0.05) is 19.1 Å². The minimum atomic E-state index is 0.192. The number of rotatable bonds is 7. The van der Waals surface area contributed by atoms with Gasteiger partial charge in [-0.25, -0.2) is 0 Å². The van der Waals surface area contributed by atoms with E-state index in [1.165, 1.54) is 10.4 Å². The number of benzene rings is 1. The lowest BCUT2D eigenvalue weighted by Crippen LogP contribution is -2.21. The zero-order valence-corrected chi connectivity index (χ0v) is 12.8. The van der Waals surface area contributed by atoms with Crippen molar-refractivity contribution in [3.63, 3.8) is 0 Å². The van der Waals surface area contributed by atoms with Gasteiger partial charge in [0.1, 0.15) is 6.61 Å². The van der Waals surface area contributed by atoms with Gasteiger partial charge in [-0.3, -0.25) is 0 Å². The van der Waals surface area contributed by atoms with Gasteiger partial charge in [-0.05, 0) is 42.0 Å². The number of nitrogens with two attached hydrogens (primary N) is 1. The molecule has 1 atom stereocenters. The number of hydrogen-bond acceptors (Lipinski definition) is 4. The first-order valence-electron chi connectivity index (χ1n) is 6.80. The molecule has 1 heterocycles. The molecule has 108 valence electrons. The Labute approximate surface area is 124 Å². The van der Waals surface area contributed by atoms with Crippen molar-refractivity contribution in [3.05, 3.63) is 46.2 Å². The van der Waals surface area contributed by atoms with Crippen LogP contribution in [0.25, 0.3) is 0 Å². The molecule has 2 aromatic rings. The molecule has 0 saturated carbocycles. The Morgan fingerprint density at radius 3 is 2.75 bits per heavy atom. The third kappa shape index (κ3) is 3.99. The lowest BCUT2D eigenvalue weighted by molar-refractivity contribution is 0.287. The molecule has 0 radical (unpaired) electrons. The van der Waals surface area contributed by atoms with Crippen LogP contribution >= 0.6 is 11.3 Å². The molecule has 2 rings (SSSR count). The molecular weight excluding hydrogens is 270 g/mol. The van der Waals surface area contributed by atoms with E-state index in [2.05, 4.69) is 19.1 Å². The number of thiophene rings is 1. The van der Waals surface area contributed by atoms with Gasteiger partial charge in [0.2, 0.25) is 0 Å².